The quantitative estimate of drug-likeness (QED) is 0.354. The number of likely N-dealkylation sites (N-methyl/N-ethyl adjacent to an activating group) is 1. The van der Waals surface area contributed by atoms with Crippen molar-refractivity contribution in [3.63, 3.8) is 0 Å². The molecule has 3 aromatic rings. The van der Waals surface area contributed by atoms with Crippen molar-refractivity contribution >= 4 is 39.1 Å². The standard InChI is InChI=1S/C29H34ClN3O4S/c1-22-14-16-24(17-15-22)21-32(27(29(35)31-2)19-23-9-5-4-6-10-23)28(34)13-8-18-33(38(3,36)37)26-12-7-11-25(30)20-26/h4-7,9-12,14-17,20,27H,8,13,18-19,21H2,1-3H3,(H,31,35). The van der Waals surface area contributed by atoms with Crippen LogP contribution in [-0.2, 0) is 32.6 Å². The van der Waals surface area contributed by atoms with E-state index < -0.39 is 16.1 Å². The van der Waals surface area contributed by atoms with Crippen LogP contribution in [0.5, 0.6) is 0 Å². The Hall–Kier alpha value is -3.36. The highest BCUT2D eigenvalue weighted by Gasteiger charge is 2.30. The Morgan fingerprint density at radius 3 is 2.24 bits per heavy atom. The van der Waals surface area contributed by atoms with E-state index in [-0.39, 0.29) is 37.7 Å². The Bertz CT molecular complexity index is 1330. The fourth-order valence-corrected chi connectivity index (χ4v) is 5.39. The fraction of sp³-hybridized carbons (Fsp3) is 0.310. The number of halogens is 1. The van der Waals surface area contributed by atoms with Crippen LogP contribution in [0, 0.1) is 6.92 Å². The molecule has 0 fully saturated rings. The molecule has 1 unspecified atom stereocenters. The van der Waals surface area contributed by atoms with Gasteiger partial charge in [0.05, 0.1) is 11.9 Å². The maximum absolute atomic E-state index is 13.6. The maximum atomic E-state index is 13.6. The lowest BCUT2D eigenvalue weighted by atomic mass is 10.0. The summed E-state index contributed by atoms with van der Waals surface area (Å²) in [5, 5.41) is 3.13. The van der Waals surface area contributed by atoms with Gasteiger partial charge in [0.2, 0.25) is 21.8 Å². The van der Waals surface area contributed by atoms with Gasteiger partial charge in [0, 0.05) is 38.0 Å². The molecule has 0 aliphatic carbocycles. The van der Waals surface area contributed by atoms with E-state index in [1.807, 2.05) is 61.5 Å². The predicted molar refractivity (Wildman–Crippen MR) is 153 cm³/mol. The van der Waals surface area contributed by atoms with Gasteiger partial charge in [-0.25, -0.2) is 8.42 Å². The molecule has 0 spiro atoms. The minimum absolute atomic E-state index is 0.0702. The van der Waals surface area contributed by atoms with Crippen LogP contribution in [0.3, 0.4) is 0 Å². The number of nitrogens with zero attached hydrogens (tertiary/aromatic N) is 2. The lowest BCUT2D eigenvalue weighted by Crippen LogP contribution is -2.49. The molecular formula is C29H34ClN3O4S. The van der Waals surface area contributed by atoms with Crippen molar-refractivity contribution in [2.75, 3.05) is 24.2 Å². The molecule has 0 aliphatic heterocycles. The first-order chi connectivity index (χ1) is 18.1. The van der Waals surface area contributed by atoms with Crippen LogP contribution in [-0.4, -0.2) is 51.0 Å². The van der Waals surface area contributed by atoms with Crippen LogP contribution in [0.4, 0.5) is 5.69 Å². The molecule has 2 amide bonds. The summed E-state index contributed by atoms with van der Waals surface area (Å²) in [7, 11) is -2.03. The number of anilines is 1. The highest BCUT2D eigenvalue weighted by Crippen LogP contribution is 2.23. The maximum Gasteiger partial charge on any atom is 0.242 e. The number of sulfonamides is 1. The first-order valence-corrected chi connectivity index (χ1v) is 14.6. The topological polar surface area (TPSA) is 86.8 Å². The van der Waals surface area contributed by atoms with Crippen molar-refractivity contribution < 1.29 is 18.0 Å². The third kappa shape index (κ3) is 8.33. The highest BCUT2D eigenvalue weighted by molar-refractivity contribution is 7.92. The summed E-state index contributed by atoms with van der Waals surface area (Å²) in [4.78, 5) is 28.3. The summed E-state index contributed by atoms with van der Waals surface area (Å²) in [6.45, 7) is 2.35. The largest absolute Gasteiger partial charge is 0.357 e. The molecule has 1 atom stereocenters. The third-order valence-electron chi connectivity index (χ3n) is 6.24. The van der Waals surface area contributed by atoms with Crippen molar-refractivity contribution in [2.45, 2.75) is 38.8 Å². The monoisotopic (exact) mass is 555 g/mol. The average molecular weight is 556 g/mol. The Kier molecular flexibility index (Phi) is 10.3. The lowest BCUT2D eigenvalue weighted by molar-refractivity contribution is -0.141. The second-order valence-electron chi connectivity index (χ2n) is 9.25. The molecule has 7 nitrogen and oxygen atoms in total. The van der Waals surface area contributed by atoms with Crippen molar-refractivity contribution in [1.29, 1.82) is 0 Å². The van der Waals surface area contributed by atoms with Gasteiger partial charge in [-0.3, -0.25) is 13.9 Å². The zero-order valence-electron chi connectivity index (χ0n) is 21.9. The summed E-state index contributed by atoms with van der Waals surface area (Å²) < 4.78 is 26.2. The summed E-state index contributed by atoms with van der Waals surface area (Å²) in [6, 6.07) is 23.3. The molecule has 0 bridgehead atoms. The first kappa shape index (κ1) is 29.2. The Balaban J connectivity index is 1.84. The molecule has 3 aromatic carbocycles. The van der Waals surface area contributed by atoms with E-state index in [4.69, 9.17) is 11.6 Å². The van der Waals surface area contributed by atoms with Crippen LogP contribution in [0.15, 0.2) is 78.9 Å². The zero-order chi connectivity index (χ0) is 27.7. The summed E-state index contributed by atoms with van der Waals surface area (Å²) in [5.41, 5.74) is 3.38. The average Bonchev–Trinajstić information content (AvgIpc) is 2.89. The van der Waals surface area contributed by atoms with Gasteiger partial charge < -0.3 is 10.2 Å². The fourth-order valence-electron chi connectivity index (χ4n) is 4.25. The third-order valence-corrected chi connectivity index (χ3v) is 7.67. The molecule has 0 saturated heterocycles. The molecule has 3 rings (SSSR count). The molecule has 0 radical (unpaired) electrons. The number of benzene rings is 3. The molecule has 0 aliphatic rings. The van der Waals surface area contributed by atoms with E-state index in [0.29, 0.717) is 17.1 Å². The Morgan fingerprint density at radius 1 is 0.947 bits per heavy atom. The normalized spacial score (nSPS) is 12.0. The summed E-state index contributed by atoms with van der Waals surface area (Å²) in [5.74, 6) is -0.486. The smallest absolute Gasteiger partial charge is 0.242 e. The molecule has 9 heteroatoms. The highest BCUT2D eigenvalue weighted by atomic mass is 35.5. The van der Waals surface area contributed by atoms with Crippen LogP contribution in [0.25, 0.3) is 0 Å². The minimum atomic E-state index is -3.59. The van der Waals surface area contributed by atoms with Crippen LogP contribution in [0.2, 0.25) is 5.02 Å². The number of aryl methyl sites for hydroxylation is 1. The van der Waals surface area contributed by atoms with E-state index >= 15 is 0 Å². The molecule has 0 heterocycles. The number of hydrogen-bond donors (Lipinski definition) is 1. The second-order valence-corrected chi connectivity index (χ2v) is 11.6. The van der Waals surface area contributed by atoms with Gasteiger partial charge in [-0.15, -0.1) is 0 Å². The number of nitrogens with one attached hydrogen (secondary N) is 1. The number of amides is 2. The van der Waals surface area contributed by atoms with E-state index in [2.05, 4.69) is 5.32 Å². The van der Waals surface area contributed by atoms with Gasteiger partial charge >= 0.3 is 0 Å². The Labute approximate surface area is 230 Å². The van der Waals surface area contributed by atoms with Crippen molar-refractivity contribution in [2.24, 2.45) is 0 Å². The van der Waals surface area contributed by atoms with Gasteiger partial charge in [-0.1, -0.05) is 77.8 Å². The van der Waals surface area contributed by atoms with Crippen LogP contribution in [0.1, 0.15) is 29.5 Å². The Morgan fingerprint density at radius 2 is 1.63 bits per heavy atom. The molecule has 38 heavy (non-hydrogen) atoms. The number of carbonyl (C=O) groups excluding carboxylic acids is 2. The molecular weight excluding hydrogens is 522 g/mol. The van der Waals surface area contributed by atoms with Gasteiger partial charge in [0.25, 0.3) is 0 Å². The minimum Gasteiger partial charge on any atom is -0.357 e. The van der Waals surface area contributed by atoms with Crippen molar-refractivity contribution in [3.8, 4) is 0 Å². The van der Waals surface area contributed by atoms with E-state index in [9.17, 15) is 18.0 Å². The number of carbonyl (C=O) groups is 2. The molecule has 1 N–H and O–H groups in total. The van der Waals surface area contributed by atoms with Crippen LogP contribution < -0.4 is 9.62 Å². The van der Waals surface area contributed by atoms with Gasteiger partial charge in [-0.2, -0.15) is 0 Å². The van der Waals surface area contributed by atoms with Crippen molar-refractivity contribution in [1.82, 2.24) is 10.2 Å². The van der Waals surface area contributed by atoms with Gasteiger partial charge in [0.15, 0.2) is 0 Å². The first-order valence-electron chi connectivity index (χ1n) is 12.4. The van der Waals surface area contributed by atoms with Crippen molar-refractivity contribution in [3.05, 3.63) is 101 Å². The van der Waals surface area contributed by atoms with Gasteiger partial charge in [0.1, 0.15) is 6.04 Å². The molecule has 0 saturated carbocycles. The molecule has 202 valence electrons. The lowest BCUT2D eigenvalue weighted by Gasteiger charge is -2.31. The second kappa shape index (κ2) is 13.4. The van der Waals surface area contributed by atoms with E-state index in [0.717, 1.165) is 22.9 Å². The SMILES string of the molecule is CNC(=O)C(Cc1ccccc1)N(Cc1ccc(C)cc1)C(=O)CCCN(c1cccc(Cl)c1)S(C)(=O)=O. The predicted octanol–water partition coefficient (Wildman–Crippen LogP) is 4.58. The van der Waals surface area contributed by atoms with Crippen LogP contribution >= 0.6 is 11.6 Å². The summed E-state index contributed by atoms with van der Waals surface area (Å²) in [6.07, 6.45) is 1.83. The summed E-state index contributed by atoms with van der Waals surface area (Å²) >= 11 is 6.08. The number of hydrogen-bond acceptors (Lipinski definition) is 4. The van der Waals surface area contributed by atoms with E-state index in [1.54, 1.807) is 36.2 Å². The zero-order valence-corrected chi connectivity index (χ0v) is 23.5. The molecule has 0 aromatic heterocycles. The van der Waals surface area contributed by atoms with Gasteiger partial charge in [-0.05, 0) is 42.7 Å². The number of rotatable bonds is 12. The van der Waals surface area contributed by atoms with E-state index in [1.165, 1.54) is 4.31 Å².